The summed E-state index contributed by atoms with van der Waals surface area (Å²) in [5.74, 6) is -0.331. The van der Waals surface area contributed by atoms with Gasteiger partial charge < -0.3 is 10.2 Å². The molecule has 0 aromatic heterocycles. The van der Waals surface area contributed by atoms with Crippen molar-refractivity contribution in [3.05, 3.63) is 36.4 Å². The van der Waals surface area contributed by atoms with Gasteiger partial charge in [0, 0.05) is 6.07 Å². The molecule has 0 aliphatic rings. The van der Waals surface area contributed by atoms with Crippen LogP contribution in [0.3, 0.4) is 0 Å². The van der Waals surface area contributed by atoms with Crippen LogP contribution in [-0.4, -0.2) is 10.2 Å². The lowest BCUT2D eigenvalue weighted by Gasteiger charge is -1.99. The maximum Gasteiger partial charge on any atom is 0.166 e. The van der Waals surface area contributed by atoms with Crippen LogP contribution in [0, 0.1) is 6.07 Å². The summed E-state index contributed by atoms with van der Waals surface area (Å²) >= 11 is 0. The molecule has 0 unspecified atom stereocenters. The van der Waals surface area contributed by atoms with Crippen molar-refractivity contribution in [1.29, 1.82) is 0 Å². The summed E-state index contributed by atoms with van der Waals surface area (Å²) in [5.41, 5.74) is 0. The van der Waals surface area contributed by atoms with E-state index in [1.165, 1.54) is 6.07 Å². The Morgan fingerprint density at radius 3 is 2.67 bits per heavy atom. The number of rotatable bonds is 0. The summed E-state index contributed by atoms with van der Waals surface area (Å²) in [6.45, 7) is 0. The highest BCUT2D eigenvalue weighted by atomic mass is 16.3. The highest BCUT2D eigenvalue weighted by Crippen LogP contribution is 2.28. The summed E-state index contributed by atoms with van der Waals surface area (Å²) in [6.07, 6.45) is 0. The van der Waals surface area contributed by atoms with Gasteiger partial charge in [0.2, 0.25) is 0 Å². The summed E-state index contributed by atoms with van der Waals surface area (Å²) in [5, 5.41) is 19.9. The zero-order chi connectivity index (χ0) is 8.55. The maximum absolute atomic E-state index is 9.14. The van der Waals surface area contributed by atoms with Crippen molar-refractivity contribution in [2.45, 2.75) is 0 Å². The molecule has 2 rings (SSSR count). The van der Waals surface area contributed by atoms with Crippen molar-refractivity contribution in [1.82, 2.24) is 0 Å². The van der Waals surface area contributed by atoms with E-state index in [1.54, 1.807) is 0 Å². The molecule has 0 fully saturated rings. The van der Waals surface area contributed by atoms with Crippen LogP contribution in [-0.2, 0) is 0 Å². The van der Waals surface area contributed by atoms with Crippen LogP contribution in [0.25, 0.3) is 10.8 Å². The van der Waals surface area contributed by atoms with E-state index in [1.807, 2.05) is 24.3 Å². The molecular formula is C10H7O2. The van der Waals surface area contributed by atoms with Gasteiger partial charge in [0.25, 0.3) is 0 Å². The van der Waals surface area contributed by atoms with Crippen molar-refractivity contribution >= 4 is 10.8 Å². The molecule has 2 aromatic carbocycles. The van der Waals surface area contributed by atoms with Gasteiger partial charge in [-0.15, -0.1) is 0 Å². The molecule has 12 heavy (non-hydrogen) atoms. The Kier molecular flexibility index (Phi) is 1.40. The molecule has 2 aromatic rings. The Bertz CT molecular complexity index is 381. The average Bonchev–Trinajstić information content (AvgIpc) is 2.07. The molecule has 0 heterocycles. The minimum atomic E-state index is -0.200. The molecule has 0 saturated heterocycles. The molecule has 0 saturated carbocycles. The normalized spacial score (nSPS) is 10.3. The van der Waals surface area contributed by atoms with Crippen LogP contribution in [0.1, 0.15) is 0 Å². The Morgan fingerprint density at radius 1 is 1.08 bits per heavy atom. The first-order valence-corrected chi connectivity index (χ1v) is 3.60. The topological polar surface area (TPSA) is 40.5 Å². The van der Waals surface area contributed by atoms with E-state index in [9.17, 15) is 0 Å². The molecule has 0 bridgehead atoms. The van der Waals surface area contributed by atoms with Crippen molar-refractivity contribution in [3.63, 3.8) is 0 Å². The maximum atomic E-state index is 9.14. The first kappa shape index (κ1) is 6.98. The fourth-order valence-electron chi connectivity index (χ4n) is 1.14. The van der Waals surface area contributed by atoms with Crippen LogP contribution >= 0.6 is 0 Å². The lowest BCUT2D eigenvalue weighted by molar-refractivity contribution is 0.404. The third-order valence-electron chi connectivity index (χ3n) is 1.75. The van der Waals surface area contributed by atoms with Gasteiger partial charge in [-0.3, -0.25) is 0 Å². The van der Waals surface area contributed by atoms with E-state index in [4.69, 9.17) is 10.2 Å². The summed E-state index contributed by atoms with van der Waals surface area (Å²) in [7, 11) is 0. The van der Waals surface area contributed by atoms with Crippen LogP contribution in [0.15, 0.2) is 30.3 Å². The van der Waals surface area contributed by atoms with Gasteiger partial charge >= 0.3 is 0 Å². The van der Waals surface area contributed by atoms with Gasteiger partial charge in [-0.2, -0.15) is 0 Å². The first-order chi connectivity index (χ1) is 5.77. The molecule has 59 valence electrons. The van der Waals surface area contributed by atoms with Gasteiger partial charge in [-0.1, -0.05) is 24.3 Å². The van der Waals surface area contributed by atoms with Crippen molar-refractivity contribution in [3.8, 4) is 11.5 Å². The van der Waals surface area contributed by atoms with Crippen LogP contribution in [0.4, 0.5) is 0 Å². The zero-order valence-electron chi connectivity index (χ0n) is 6.28. The molecule has 1 radical (unpaired) electrons. The van der Waals surface area contributed by atoms with Gasteiger partial charge in [-0.25, -0.2) is 0 Å². The minimum absolute atomic E-state index is 0.131. The number of benzene rings is 2. The van der Waals surface area contributed by atoms with Crippen molar-refractivity contribution < 1.29 is 10.2 Å². The second-order valence-electron chi connectivity index (χ2n) is 2.59. The van der Waals surface area contributed by atoms with Gasteiger partial charge in [0.15, 0.2) is 11.5 Å². The van der Waals surface area contributed by atoms with E-state index in [-0.39, 0.29) is 11.5 Å². The fraction of sp³-hybridized carbons (Fsp3) is 0. The average molecular weight is 159 g/mol. The van der Waals surface area contributed by atoms with E-state index in [0.29, 0.717) is 0 Å². The largest absolute Gasteiger partial charge is 0.504 e. The van der Waals surface area contributed by atoms with E-state index < -0.39 is 0 Å². The molecular weight excluding hydrogens is 152 g/mol. The van der Waals surface area contributed by atoms with E-state index in [0.717, 1.165) is 10.8 Å². The minimum Gasteiger partial charge on any atom is -0.504 e. The Balaban J connectivity index is 2.84. The molecule has 0 atom stereocenters. The van der Waals surface area contributed by atoms with Crippen molar-refractivity contribution in [2.75, 3.05) is 0 Å². The van der Waals surface area contributed by atoms with Crippen LogP contribution in [0.5, 0.6) is 11.5 Å². The SMILES string of the molecule is Oc1[c]c2ccccc2cc1O. The summed E-state index contributed by atoms with van der Waals surface area (Å²) < 4.78 is 0. The number of phenolic OH excluding ortho intramolecular Hbond substituents is 2. The quantitative estimate of drug-likeness (QED) is 0.577. The van der Waals surface area contributed by atoms with E-state index in [2.05, 4.69) is 6.07 Å². The number of hydrogen-bond donors (Lipinski definition) is 2. The van der Waals surface area contributed by atoms with Crippen molar-refractivity contribution in [2.24, 2.45) is 0 Å². The number of hydrogen-bond acceptors (Lipinski definition) is 2. The predicted octanol–water partition coefficient (Wildman–Crippen LogP) is 2.05. The molecule has 2 heteroatoms. The standard InChI is InChI=1S/C10H7O2/c11-9-5-7-3-1-2-4-8(7)6-10(9)12/h1-5,11-12H. The number of aromatic hydroxyl groups is 2. The molecule has 0 amide bonds. The van der Waals surface area contributed by atoms with E-state index >= 15 is 0 Å². The molecule has 2 N–H and O–H groups in total. The van der Waals surface area contributed by atoms with Gasteiger partial charge in [-0.05, 0) is 16.8 Å². The second-order valence-corrected chi connectivity index (χ2v) is 2.59. The highest BCUT2D eigenvalue weighted by molar-refractivity contribution is 5.85. The Hall–Kier alpha value is -1.70. The molecule has 0 spiro atoms. The molecule has 0 aliphatic heterocycles. The predicted molar refractivity (Wildman–Crippen MR) is 46.1 cm³/mol. The molecule has 0 aliphatic carbocycles. The van der Waals surface area contributed by atoms with Crippen LogP contribution < -0.4 is 0 Å². The Morgan fingerprint density at radius 2 is 1.83 bits per heavy atom. The molecule has 2 nitrogen and oxygen atoms in total. The Labute approximate surface area is 69.7 Å². The van der Waals surface area contributed by atoms with Gasteiger partial charge in [0.05, 0.1) is 0 Å². The summed E-state index contributed by atoms with van der Waals surface area (Å²) in [6, 6.07) is 11.6. The number of phenols is 2. The first-order valence-electron chi connectivity index (χ1n) is 3.60. The zero-order valence-corrected chi connectivity index (χ0v) is 6.28. The van der Waals surface area contributed by atoms with Gasteiger partial charge in [0.1, 0.15) is 0 Å². The third kappa shape index (κ3) is 0.975. The lowest BCUT2D eigenvalue weighted by atomic mass is 10.1. The fourth-order valence-corrected chi connectivity index (χ4v) is 1.14. The van der Waals surface area contributed by atoms with Crippen LogP contribution in [0.2, 0.25) is 0 Å². The number of fused-ring (bicyclic) bond motifs is 1. The summed E-state index contributed by atoms with van der Waals surface area (Å²) in [4.78, 5) is 0. The highest BCUT2D eigenvalue weighted by Gasteiger charge is 2.00. The smallest absolute Gasteiger partial charge is 0.166 e. The second kappa shape index (κ2) is 2.41. The monoisotopic (exact) mass is 159 g/mol. The third-order valence-corrected chi connectivity index (χ3v) is 1.75. The lowest BCUT2D eigenvalue weighted by Crippen LogP contribution is -1.73.